The predicted octanol–water partition coefficient (Wildman–Crippen LogP) is -3.53. The number of carboxylic acids is 1. The molecule has 0 radical (unpaired) electrons. The van der Waals surface area contributed by atoms with Crippen molar-refractivity contribution >= 4 is 17.8 Å². The van der Waals surface area contributed by atoms with E-state index in [0.29, 0.717) is 0 Å². The summed E-state index contributed by atoms with van der Waals surface area (Å²) in [6.07, 6.45) is -0.848. The summed E-state index contributed by atoms with van der Waals surface area (Å²) in [5.41, 5.74) is 5.20. The highest BCUT2D eigenvalue weighted by Crippen LogP contribution is 2.18. The number of aliphatic hydroxyl groups excluding tert-OH is 2. The number of nitrogens with zero attached hydrogens (tertiary/aromatic N) is 1. The van der Waals surface area contributed by atoms with Gasteiger partial charge in [0.15, 0.2) is 0 Å². The number of nitrogens with one attached hydrogen (secondary N) is 1. The van der Waals surface area contributed by atoms with E-state index in [1.54, 1.807) is 0 Å². The molecule has 9 heteroatoms. The number of nitrogens with two attached hydrogens (primary N) is 1. The van der Waals surface area contributed by atoms with Crippen LogP contribution in [0.3, 0.4) is 0 Å². The number of amides is 2. The maximum atomic E-state index is 11.9. The lowest BCUT2D eigenvalue weighted by Crippen LogP contribution is -2.52. The zero-order valence-electron chi connectivity index (χ0n) is 10.2. The Morgan fingerprint density at radius 3 is 2.53 bits per heavy atom. The van der Waals surface area contributed by atoms with E-state index in [2.05, 4.69) is 5.32 Å². The van der Waals surface area contributed by atoms with Gasteiger partial charge in [-0.05, 0) is 0 Å². The van der Waals surface area contributed by atoms with Gasteiger partial charge in [0.25, 0.3) is 0 Å². The van der Waals surface area contributed by atoms with E-state index in [4.69, 9.17) is 15.9 Å². The van der Waals surface area contributed by atoms with Crippen LogP contribution in [0.25, 0.3) is 0 Å². The molecule has 3 atom stereocenters. The van der Waals surface area contributed by atoms with Gasteiger partial charge < -0.3 is 31.3 Å². The number of carboxylic acid groups (broad SMARTS) is 1. The Balaban J connectivity index is 2.73. The van der Waals surface area contributed by atoms with Crippen LogP contribution in [-0.4, -0.2) is 75.9 Å². The predicted molar refractivity (Wildman–Crippen MR) is 61.8 cm³/mol. The van der Waals surface area contributed by atoms with E-state index in [1.807, 2.05) is 0 Å². The molecule has 1 aliphatic heterocycles. The summed E-state index contributed by atoms with van der Waals surface area (Å²) in [5, 5.41) is 29.1. The molecule has 0 bridgehead atoms. The average Bonchev–Trinajstić information content (AvgIpc) is 2.76. The number of carbonyl (C=O) groups excluding carboxylic acids is 2. The first kappa shape index (κ1) is 15.3. The molecule has 9 nitrogen and oxygen atoms in total. The normalized spacial score (nSPS) is 24.1. The van der Waals surface area contributed by atoms with Crippen LogP contribution in [0.4, 0.5) is 0 Å². The van der Waals surface area contributed by atoms with Gasteiger partial charge in [-0.25, -0.2) is 4.79 Å². The summed E-state index contributed by atoms with van der Waals surface area (Å²) in [6, 6.07) is -2.42. The molecule has 0 aliphatic carbocycles. The molecule has 1 saturated heterocycles. The fourth-order valence-corrected chi connectivity index (χ4v) is 1.91. The third-order valence-electron chi connectivity index (χ3n) is 2.87. The van der Waals surface area contributed by atoms with Crippen molar-refractivity contribution in [3.63, 3.8) is 0 Å². The number of aliphatic hydroxyl groups is 2. The van der Waals surface area contributed by atoms with Crippen molar-refractivity contribution < 1.29 is 29.7 Å². The first-order valence-corrected chi connectivity index (χ1v) is 5.72. The number of carbonyl (C=O) groups is 3. The van der Waals surface area contributed by atoms with Crippen LogP contribution in [0.15, 0.2) is 0 Å². The van der Waals surface area contributed by atoms with Crippen molar-refractivity contribution in [3.05, 3.63) is 0 Å². The van der Waals surface area contributed by atoms with Gasteiger partial charge in [-0.1, -0.05) is 0 Å². The van der Waals surface area contributed by atoms with Gasteiger partial charge in [-0.2, -0.15) is 0 Å². The molecule has 0 aromatic heterocycles. The number of likely N-dealkylation sites (tertiary alicyclic amines) is 1. The minimum absolute atomic E-state index is 0.00927. The minimum atomic E-state index is -1.44. The van der Waals surface area contributed by atoms with Crippen LogP contribution >= 0.6 is 0 Å². The molecule has 0 aromatic carbocycles. The summed E-state index contributed by atoms with van der Waals surface area (Å²) in [5.74, 6) is -2.63. The molecule has 0 saturated carbocycles. The van der Waals surface area contributed by atoms with Crippen LogP contribution in [0.5, 0.6) is 0 Å². The van der Waals surface area contributed by atoms with E-state index < -0.39 is 42.6 Å². The Kier molecular flexibility index (Phi) is 5.21. The van der Waals surface area contributed by atoms with Gasteiger partial charge in [0.05, 0.1) is 19.3 Å². The molecule has 0 unspecified atom stereocenters. The monoisotopic (exact) mass is 275 g/mol. The fraction of sp³-hybridized carbons (Fsp3) is 0.700. The molecule has 2 amide bonds. The smallest absolute Gasteiger partial charge is 0.328 e. The molecule has 1 rings (SSSR count). The van der Waals surface area contributed by atoms with E-state index in [0.717, 1.165) is 4.90 Å². The van der Waals surface area contributed by atoms with Crippen molar-refractivity contribution in [1.29, 1.82) is 0 Å². The number of rotatable bonds is 5. The quantitative estimate of drug-likeness (QED) is 0.348. The molecule has 1 fully saturated rings. The van der Waals surface area contributed by atoms with Gasteiger partial charge in [-0.15, -0.1) is 0 Å². The number of β-amino-alcohol motifs (C(OH)–C–C–N with tert-alkyl or cyclic N) is 1. The molecule has 6 N–H and O–H groups in total. The topological polar surface area (TPSA) is 153 Å². The van der Waals surface area contributed by atoms with Crippen molar-refractivity contribution in [1.82, 2.24) is 10.2 Å². The molecular formula is C10H17N3O6. The third-order valence-corrected chi connectivity index (χ3v) is 2.87. The van der Waals surface area contributed by atoms with Gasteiger partial charge in [0.2, 0.25) is 11.8 Å². The van der Waals surface area contributed by atoms with Gasteiger partial charge in [0, 0.05) is 13.0 Å². The van der Waals surface area contributed by atoms with Crippen molar-refractivity contribution in [2.24, 2.45) is 5.73 Å². The number of aliphatic carboxylic acids is 1. The first-order valence-electron chi connectivity index (χ1n) is 5.72. The number of hydrogen-bond acceptors (Lipinski definition) is 6. The molecule has 108 valence electrons. The first-order chi connectivity index (χ1) is 8.90. The Bertz CT molecular complexity index is 374. The second kappa shape index (κ2) is 6.45. The maximum absolute atomic E-state index is 11.9. The third kappa shape index (κ3) is 3.63. The van der Waals surface area contributed by atoms with E-state index in [-0.39, 0.29) is 19.5 Å². The van der Waals surface area contributed by atoms with Crippen molar-refractivity contribution in [2.75, 3.05) is 19.7 Å². The summed E-state index contributed by atoms with van der Waals surface area (Å²) in [7, 11) is 0. The standard InChI is InChI=1S/C10H17N3O6/c11-2-8(16)13-3-5(15)1-7(13)9(17)12-6(4-14)10(18)19/h5-7,14-15H,1-4,11H2,(H,12,17)(H,18,19)/t5-,6+,7+/m1/s1. The Hall–Kier alpha value is -1.71. The maximum Gasteiger partial charge on any atom is 0.328 e. The molecule has 1 aliphatic rings. The fourth-order valence-electron chi connectivity index (χ4n) is 1.91. The lowest BCUT2D eigenvalue weighted by atomic mass is 10.1. The highest BCUT2D eigenvalue weighted by molar-refractivity contribution is 5.91. The van der Waals surface area contributed by atoms with E-state index >= 15 is 0 Å². The van der Waals surface area contributed by atoms with Crippen LogP contribution in [-0.2, 0) is 14.4 Å². The SMILES string of the molecule is NCC(=O)N1C[C@H](O)C[C@H]1C(=O)N[C@@H](CO)C(=O)O. The molecule has 19 heavy (non-hydrogen) atoms. The lowest BCUT2D eigenvalue weighted by molar-refractivity contribution is -0.144. The minimum Gasteiger partial charge on any atom is -0.480 e. The van der Waals surface area contributed by atoms with Gasteiger partial charge in [0.1, 0.15) is 12.1 Å². The van der Waals surface area contributed by atoms with E-state index in [1.165, 1.54) is 0 Å². The van der Waals surface area contributed by atoms with Crippen LogP contribution < -0.4 is 11.1 Å². The van der Waals surface area contributed by atoms with Crippen molar-refractivity contribution in [2.45, 2.75) is 24.6 Å². The van der Waals surface area contributed by atoms with Crippen LogP contribution in [0.1, 0.15) is 6.42 Å². The zero-order chi connectivity index (χ0) is 14.6. The lowest BCUT2D eigenvalue weighted by Gasteiger charge is -2.24. The number of hydrogen-bond donors (Lipinski definition) is 5. The molecule has 0 aromatic rings. The van der Waals surface area contributed by atoms with Crippen molar-refractivity contribution in [3.8, 4) is 0 Å². The highest BCUT2D eigenvalue weighted by atomic mass is 16.4. The van der Waals surface area contributed by atoms with Crippen LogP contribution in [0.2, 0.25) is 0 Å². The molecular weight excluding hydrogens is 258 g/mol. The average molecular weight is 275 g/mol. The summed E-state index contributed by atoms with van der Waals surface area (Å²) in [4.78, 5) is 35.2. The van der Waals surface area contributed by atoms with Gasteiger partial charge >= 0.3 is 5.97 Å². The second-order valence-corrected chi connectivity index (χ2v) is 4.24. The second-order valence-electron chi connectivity index (χ2n) is 4.24. The summed E-state index contributed by atoms with van der Waals surface area (Å²) in [6.45, 7) is -1.09. The highest BCUT2D eigenvalue weighted by Gasteiger charge is 2.39. The van der Waals surface area contributed by atoms with E-state index in [9.17, 15) is 19.5 Å². The zero-order valence-corrected chi connectivity index (χ0v) is 10.2. The Morgan fingerprint density at radius 2 is 2.05 bits per heavy atom. The van der Waals surface area contributed by atoms with Gasteiger partial charge in [-0.3, -0.25) is 9.59 Å². The summed E-state index contributed by atoms with van der Waals surface area (Å²) >= 11 is 0. The largest absolute Gasteiger partial charge is 0.480 e. The molecule has 0 spiro atoms. The Morgan fingerprint density at radius 1 is 1.42 bits per heavy atom. The van der Waals surface area contributed by atoms with Crippen LogP contribution in [0, 0.1) is 0 Å². The Labute approximate surface area is 109 Å². The molecule has 1 heterocycles. The summed E-state index contributed by atoms with van der Waals surface area (Å²) < 4.78 is 0.